The van der Waals surface area contributed by atoms with Crippen molar-refractivity contribution >= 4 is 11.6 Å². The van der Waals surface area contributed by atoms with Gasteiger partial charge in [0.15, 0.2) is 0 Å². The quantitative estimate of drug-likeness (QED) is 0.732. The van der Waals surface area contributed by atoms with Crippen molar-refractivity contribution in [1.82, 2.24) is 15.0 Å². The van der Waals surface area contributed by atoms with Gasteiger partial charge in [0, 0.05) is 12.1 Å². The van der Waals surface area contributed by atoms with E-state index >= 15 is 0 Å². The first-order valence-electron chi connectivity index (χ1n) is 4.37. The molecule has 0 fully saturated rings. The highest BCUT2D eigenvalue weighted by atomic mass is 35.5. The summed E-state index contributed by atoms with van der Waals surface area (Å²) in [4.78, 5) is 0. The summed E-state index contributed by atoms with van der Waals surface area (Å²) in [6, 6.07) is 1.88. The Balaban J connectivity index is 2.54. The molecule has 0 aliphatic heterocycles. The summed E-state index contributed by atoms with van der Waals surface area (Å²) in [7, 11) is 0. The second-order valence-electron chi connectivity index (χ2n) is 2.85. The summed E-state index contributed by atoms with van der Waals surface area (Å²) in [6.07, 6.45) is 3.29. The number of furan rings is 1. The van der Waals surface area contributed by atoms with Crippen molar-refractivity contribution in [3.05, 3.63) is 24.3 Å². The molecule has 5 heteroatoms. The van der Waals surface area contributed by atoms with Crippen LogP contribution in [0, 0.1) is 0 Å². The van der Waals surface area contributed by atoms with Crippen LogP contribution in [0.1, 0.15) is 12.6 Å². The SMILES string of the molecule is CCn1nnc(CCl)c1-c1ccoc1. The molecule has 0 radical (unpaired) electrons. The maximum atomic E-state index is 5.77. The highest BCUT2D eigenvalue weighted by Crippen LogP contribution is 2.23. The molecule has 0 aliphatic carbocycles. The highest BCUT2D eigenvalue weighted by molar-refractivity contribution is 6.17. The van der Waals surface area contributed by atoms with Gasteiger partial charge in [0.05, 0.1) is 24.1 Å². The molecule has 2 rings (SSSR count). The molecule has 2 aromatic heterocycles. The molecule has 2 heterocycles. The lowest BCUT2D eigenvalue weighted by Crippen LogP contribution is -1.99. The van der Waals surface area contributed by atoms with Gasteiger partial charge in [-0.15, -0.1) is 16.7 Å². The van der Waals surface area contributed by atoms with Gasteiger partial charge in [0.1, 0.15) is 5.69 Å². The molecular formula is C9H10ClN3O. The van der Waals surface area contributed by atoms with Crippen molar-refractivity contribution in [2.24, 2.45) is 0 Å². The fraction of sp³-hybridized carbons (Fsp3) is 0.333. The minimum absolute atomic E-state index is 0.362. The second-order valence-corrected chi connectivity index (χ2v) is 3.11. The fourth-order valence-corrected chi connectivity index (χ4v) is 1.56. The first-order valence-corrected chi connectivity index (χ1v) is 4.91. The molecule has 74 valence electrons. The molecule has 4 nitrogen and oxygen atoms in total. The zero-order valence-electron chi connectivity index (χ0n) is 7.77. The Morgan fingerprint density at radius 2 is 2.43 bits per heavy atom. The van der Waals surface area contributed by atoms with Gasteiger partial charge >= 0.3 is 0 Å². The van der Waals surface area contributed by atoms with Crippen LogP contribution in [0.4, 0.5) is 0 Å². The molecular weight excluding hydrogens is 202 g/mol. The summed E-state index contributed by atoms with van der Waals surface area (Å²) in [5.74, 6) is 0.362. The van der Waals surface area contributed by atoms with Gasteiger partial charge in [-0.2, -0.15) is 0 Å². The number of aryl methyl sites for hydroxylation is 1. The molecule has 0 atom stereocenters. The minimum atomic E-state index is 0.362. The molecule has 0 amide bonds. The monoisotopic (exact) mass is 211 g/mol. The van der Waals surface area contributed by atoms with Crippen molar-refractivity contribution < 1.29 is 4.42 Å². The lowest BCUT2D eigenvalue weighted by Gasteiger charge is -2.00. The maximum Gasteiger partial charge on any atom is 0.106 e. The Morgan fingerprint density at radius 1 is 1.57 bits per heavy atom. The Kier molecular flexibility index (Phi) is 2.54. The summed E-state index contributed by atoms with van der Waals surface area (Å²) >= 11 is 5.77. The Bertz CT molecular complexity index is 386. The predicted octanol–water partition coefficient (Wildman–Crippen LogP) is 2.30. The number of halogens is 1. The number of alkyl halides is 1. The molecule has 0 saturated heterocycles. The summed E-state index contributed by atoms with van der Waals surface area (Å²) in [5, 5.41) is 8.00. The number of rotatable bonds is 3. The van der Waals surface area contributed by atoms with E-state index in [0.717, 1.165) is 23.5 Å². The van der Waals surface area contributed by atoms with Crippen LogP contribution in [0.3, 0.4) is 0 Å². The van der Waals surface area contributed by atoms with Gasteiger partial charge in [-0.3, -0.25) is 0 Å². The first kappa shape index (κ1) is 9.27. The second kappa shape index (κ2) is 3.84. The summed E-state index contributed by atoms with van der Waals surface area (Å²) in [6.45, 7) is 2.78. The smallest absolute Gasteiger partial charge is 0.106 e. The van der Waals surface area contributed by atoms with Crippen molar-refractivity contribution in [3.63, 3.8) is 0 Å². The molecule has 0 aromatic carbocycles. The number of nitrogens with zero attached hydrogens (tertiary/aromatic N) is 3. The lowest BCUT2D eigenvalue weighted by molar-refractivity contribution is 0.567. The first-order chi connectivity index (χ1) is 6.86. The van der Waals surface area contributed by atoms with Gasteiger partial charge < -0.3 is 4.42 Å². The van der Waals surface area contributed by atoms with E-state index < -0.39 is 0 Å². The van der Waals surface area contributed by atoms with Gasteiger partial charge in [-0.25, -0.2) is 4.68 Å². The molecule has 0 bridgehead atoms. The zero-order valence-corrected chi connectivity index (χ0v) is 8.53. The summed E-state index contributed by atoms with van der Waals surface area (Å²) in [5.41, 5.74) is 2.69. The highest BCUT2D eigenvalue weighted by Gasteiger charge is 2.13. The van der Waals surface area contributed by atoms with E-state index in [1.165, 1.54) is 0 Å². The normalized spacial score (nSPS) is 10.7. The predicted molar refractivity (Wildman–Crippen MR) is 53.0 cm³/mol. The van der Waals surface area contributed by atoms with E-state index in [4.69, 9.17) is 16.0 Å². The topological polar surface area (TPSA) is 43.9 Å². The van der Waals surface area contributed by atoms with Crippen molar-refractivity contribution in [3.8, 4) is 11.3 Å². The van der Waals surface area contributed by atoms with Crippen LogP contribution in [0.5, 0.6) is 0 Å². The Hall–Kier alpha value is -1.29. The zero-order chi connectivity index (χ0) is 9.97. The van der Waals surface area contributed by atoms with Crippen LogP contribution < -0.4 is 0 Å². The molecule has 2 aromatic rings. The van der Waals surface area contributed by atoms with E-state index in [0.29, 0.717) is 5.88 Å². The Morgan fingerprint density at radius 3 is 3.00 bits per heavy atom. The van der Waals surface area contributed by atoms with Crippen molar-refractivity contribution in [1.29, 1.82) is 0 Å². The van der Waals surface area contributed by atoms with Gasteiger partial charge in [-0.1, -0.05) is 5.21 Å². The van der Waals surface area contributed by atoms with E-state index in [1.54, 1.807) is 12.5 Å². The standard InChI is InChI=1S/C9H10ClN3O/c1-2-13-9(7-3-4-14-6-7)8(5-10)11-12-13/h3-4,6H,2,5H2,1H3. The van der Waals surface area contributed by atoms with Crippen LogP contribution in [0.15, 0.2) is 23.0 Å². The number of aromatic nitrogens is 3. The van der Waals surface area contributed by atoms with E-state index in [9.17, 15) is 0 Å². The van der Waals surface area contributed by atoms with Gasteiger partial charge in [-0.05, 0) is 13.0 Å². The lowest BCUT2D eigenvalue weighted by atomic mass is 10.2. The van der Waals surface area contributed by atoms with Crippen molar-refractivity contribution in [2.45, 2.75) is 19.3 Å². The van der Waals surface area contributed by atoms with Gasteiger partial charge in [0.2, 0.25) is 0 Å². The number of hydrogen-bond acceptors (Lipinski definition) is 3. The van der Waals surface area contributed by atoms with Gasteiger partial charge in [0.25, 0.3) is 0 Å². The third-order valence-electron chi connectivity index (χ3n) is 2.03. The maximum absolute atomic E-state index is 5.77. The largest absolute Gasteiger partial charge is 0.472 e. The fourth-order valence-electron chi connectivity index (χ4n) is 1.38. The molecule has 0 unspecified atom stereocenters. The van der Waals surface area contributed by atoms with Crippen LogP contribution in [0.25, 0.3) is 11.3 Å². The minimum Gasteiger partial charge on any atom is -0.472 e. The number of hydrogen-bond donors (Lipinski definition) is 0. The Labute approximate surface area is 86.5 Å². The third kappa shape index (κ3) is 1.42. The van der Waals surface area contributed by atoms with Crippen LogP contribution >= 0.6 is 11.6 Å². The molecule has 0 aliphatic rings. The van der Waals surface area contributed by atoms with E-state index in [1.807, 2.05) is 17.7 Å². The summed E-state index contributed by atoms with van der Waals surface area (Å²) < 4.78 is 6.83. The van der Waals surface area contributed by atoms with Crippen molar-refractivity contribution in [2.75, 3.05) is 0 Å². The van der Waals surface area contributed by atoms with Crippen LogP contribution in [0.2, 0.25) is 0 Å². The van der Waals surface area contributed by atoms with Crippen LogP contribution in [-0.4, -0.2) is 15.0 Å². The average Bonchev–Trinajstić information content (AvgIpc) is 2.85. The van der Waals surface area contributed by atoms with Crippen LogP contribution in [-0.2, 0) is 12.4 Å². The molecule has 0 saturated carbocycles. The third-order valence-corrected chi connectivity index (χ3v) is 2.28. The molecule has 14 heavy (non-hydrogen) atoms. The molecule has 0 spiro atoms. The average molecular weight is 212 g/mol. The molecule has 0 N–H and O–H groups in total. The van der Waals surface area contributed by atoms with E-state index in [-0.39, 0.29) is 0 Å². The van der Waals surface area contributed by atoms with E-state index in [2.05, 4.69) is 10.3 Å².